The molecule has 0 unspecified atom stereocenters. The van der Waals surface area contributed by atoms with E-state index in [-0.39, 0.29) is 12.6 Å². The molecule has 0 saturated heterocycles. The summed E-state index contributed by atoms with van der Waals surface area (Å²) in [6, 6.07) is 3.68. The second-order valence-electron chi connectivity index (χ2n) is 3.55. The van der Waals surface area contributed by atoms with Crippen LogP contribution in [-0.2, 0) is 16.1 Å². The van der Waals surface area contributed by atoms with Crippen molar-refractivity contribution in [2.24, 2.45) is 0 Å². The van der Waals surface area contributed by atoms with Crippen LogP contribution in [0.5, 0.6) is 0 Å². The predicted molar refractivity (Wildman–Crippen MR) is 69.1 cm³/mol. The van der Waals surface area contributed by atoms with Gasteiger partial charge >= 0.3 is 5.97 Å². The summed E-state index contributed by atoms with van der Waals surface area (Å²) in [5, 5.41) is 0. The van der Waals surface area contributed by atoms with Gasteiger partial charge in [0.05, 0.1) is 0 Å². The first-order chi connectivity index (χ1) is 8.83. The number of carbonyl (C=O) groups is 1. The molecule has 1 aromatic heterocycles. The minimum atomic E-state index is -0.206. The van der Waals surface area contributed by atoms with E-state index in [4.69, 9.17) is 4.74 Å². The molecule has 0 radical (unpaired) electrons. The first-order valence-corrected chi connectivity index (χ1v) is 5.77. The van der Waals surface area contributed by atoms with Crippen molar-refractivity contribution in [3.05, 3.63) is 30.1 Å². The van der Waals surface area contributed by atoms with Crippen LogP contribution in [0.15, 0.2) is 24.5 Å². The highest BCUT2D eigenvalue weighted by atomic mass is 16.5. The van der Waals surface area contributed by atoms with Crippen molar-refractivity contribution in [2.75, 3.05) is 0 Å². The maximum atomic E-state index is 11.4. The minimum absolute atomic E-state index is 0.206. The third-order valence-electron chi connectivity index (χ3n) is 2.08. The van der Waals surface area contributed by atoms with Crippen LogP contribution < -0.4 is 0 Å². The Bertz CT molecular complexity index is 486. The molecule has 1 aromatic rings. The molecule has 0 spiro atoms. The summed E-state index contributed by atoms with van der Waals surface area (Å²) in [5.41, 5.74) is 0.892. The van der Waals surface area contributed by atoms with E-state index in [1.807, 2.05) is 12.1 Å². The third kappa shape index (κ3) is 6.35. The summed E-state index contributed by atoms with van der Waals surface area (Å²) in [6.07, 6.45) is 5.11. The highest BCUT2D eigenvalue weighted by molar-refractivity contribution is 5.69. The number of esters is 1. The SMILES string of the molecule is CC#CC#CCCCC(=O)OCc1cccnc1. The number of aromatic nitrogens is 1. The normalized spacial score (nSPS) is 8.50. The Hall–Kier alpha value is -2.26. The van der Waals surface area contributed by atoms with Crippen molar-refractivity contribution in [2.45, 2.75) is 32.8 Å². The molecule has 18 heavy (non-hydrogen) atoms. The van der Waals surface area contributed by atoms with Crippen molar-refractivity contribution in [3.63, 3.8) is 0 Å². The van der Waals surface area contributed by atoms with Crippen LogP contribution in [0.1, 0.15) is 31.7 Å². The minimum Gasteiger partial charge on any atom is -0.461 e. The van der Waals surface area contributed by atoms with Crippen LogP contribution >= 0.6 is 0 Å². The monoisotopic (exact) mass is 241 g/mol. The van der Waals surface area contributed by atoms with Gasteiger partial charge in [0.25, 0.3) is 0 Å². The number of rotatable bonds is 5. The second-order valence-corrected chi connectivity index (χ2v) is 3.55. The van der Waals surface area contributed by atoms with Crippen LogP contribution in [0, 0.1) is 23.7 Å². The summed E-state index contributed by atoms with van der Waals surface area (Å²) >= 11 is 0. The molecule has 0 amide bonds. The lowest BCUT2D eigenvalue weighted by Crippen LogP contribution is -2.04. The van der Waals surface area contributed by atoms with Crippen molar-refractivity contribution in [1.82, 2.24) is 4.98 Å². The van der Waals surface area contributed by atoms with E-state index in [9.17, 15) is 4.79 Å². The summed E-state index contributed by atoms with van der Waals surface area (Å²) in [5.74, 6) is 10.7. The lowest BCUT2D eigenvalue weighted by atomic mass is 10.2. The van der Waals surface area contributed by atoms with Gasteiger partial charge in [-0.05, 0) is 31.3 Å². The van der Waals surface area contributed by atoms with Gasteiger partial charge in [-0.1, -0.05) is 17.9 Å². The summed E-state index contributed by atoms with van der Waals surface area (Å²) in [7, 11) is 0. The van der Waals surface area contributed by atoms with Gasteiger partial charge in [-0.25, -0.2) is 0 Å². The quantitative estimate of drug-likeness (QED) is 0.451. The molecular formula is C15H15NO2. The fourth-order valence-electron chi connectivity index (χ4n) is 1.21. The highest BCUT2D eigenvalue weighted by Crippen LogP contribution is 2.02. The van der Waals surface area contributed by atoms with E-state index in [1.165, 1.54) is 0 Å². The van der Waals surface area contributed by atoms with Crippen molar-refractivity contribution >= 4 is 5.97 Å². The van der Waals surface area contributed by atoms with E-state index in [1.54, 1.807) is 19.3 Å². The van der Waals surface area contributed by atoms with Crippen LogP contribution in [0.4, 0.5) is 0 Å². The fraction of sp³-hybridized carbons (Fsp3) is 0.333. The maximum Gasteiger partial charge on any atom is 0.306 e. The topological polar surface area (TPSA) is 39.2 Å². The number of hydrogen-bond donors (Lipinski definition) is 0. The van der Waals surface area contributed by atoms with E-state index < -0.39 is 0 Å². The molecule has 1 heterocycles. The number of hydrogen-bond acceptors (Lipinski definition) is 3. The Labute approximate surface area is 108 Å². The number of ether oxygens (including phenoxy) is 1. The van der Waals surface area contributed by atoms with Gasteiger partial charge in [0, 0.05) is 30.8 Å². The molecule has 0 bridgehead atoms. The zero-order valence-electron chi connectivity index (χ0n) is 10.4. The van der Waals surface area contributed by atoms with Crippen molar-refractivity contribution in [1.29, 1.82) is 0 Å². The fourth-order valence-corrected chi connectivity index (χ4v) is 1.21. The summed E-state index contributed by atoms with van der Waals surface area (Å²) < 4.78 is 5.10. The lowest BCUT2D eigenvalue weighted by Gasteiger charge is -2.03. The predicted octanol–water partition coefficient (Wildman–Crippen LogP) is 2.32. The van der Waals surface area contributed by atoms with Crippen LogP contribution in [0.2, 0.25) is 0 Å². The first-order valence-electron chi connectivity index (χ1n) is 5.77. The Morgan fingerprint density at radius 1 is 1.44 bits per heavy atom. The van der Waals surface area contributed by atoms with Gasteiger partial charge < -0.3 is 4.74 Å². The number of pyridine rings is 1. The van der Waals surface area contributed by atoms with E-state index in [0.29, 0.717) is 19.3 Å². The third-order valence-corrected chi connectivity index (χ3v) is 2.08. The van der Waals surface area contributed by atoms with Gasteiger partial charge in [0.15, 0.2) is 0 Å². The maximum absolute atomic E-state index is 11.4. The summed E-state index contributed by atoms with van der Waals surface area (Å²) in [4.78, 5) is 15.3. The molecule has 0 saturated carbocycles. The van der Waals surface area contributed by atoms with E-state index in [2.05, 4.69) is 28.7 Å². The molecule has 92 valence electrons. The molecule has 1 rings (SSSR count). The van der Waals surface area contributed by atoms with Crippen LogP contribution in [0.25, 0.3) is 0 Å². The van der Waals surface area contributed by atoms with Gasteiger partial charge in [-0.15, -0.1) is 0 Å². The molecule has 3 heteroatoms. The Kier molecular flexibility index (Phi) is 6.78. The van der Waals surface area contributed by atoms with E-state index >= 15 is 0 Å². The van der Waals surface area contributed by atoms with Gasteiger partial charge in [0.1, 0.15) is 6.61 Å². The number of unbranched alkanes of at least 4 members (excludes halogenated alkanes) is 1. The molecular weight excluding hydrogens is 226 g/mol. The van der Waals surface area contributed by atoms with Crippen LogP contribution in [0.3, 0.4) is 0 Å². The standard InChI is InChI=1S/C15H15NO2/c1-2-3-4-5-6-7-10-15(17)18-13-14-9-8-11-16-12-14/h8-9,11-12H,6-7,10,13H2,1H3. The Balaban J connectivity index is 2.15. The van der Waals surface area contributed by atoms with Gasteiger partial charge in [0.2, 0.25) is 0 Å². The first kappa shape index (κ1) is 13.8. The van der Waals surface area contributed by atoms with Gasteiger partial charge in [-0.3, -0.25) is 9.78 Å². The molecule has 0 aromatic carbocycles. The molecule has 0 atom stereocenters. The zero-order chi connectivity index (χ0) is 13.1. The largest absolute Gasteiger partial charge is 0.461 e. The molecule has 0 fully saturated rings. The molecule has 0 aliphatic heterocycles. The van der Waals surface area contributed by atoms with Crippen molar-refractivity contribution < 1.29 is 9.53 Å². The second kappa shape index (κ2) is 8.84. The smallest absolute Gasteiger partial charge is 0.306 e. The van der Waals surface area contributed by atoms with Crippen molar-refractivity contribution in [3.8, 4) is 23.7 Å². The Morgan fingerprint density at radius 3 is 3.06 bits per heavy atom. The zero-order valence-corrected chi connectivity index (χ0v) is 10.4. The lowest BCUT2D eigenvalue weighted by molar-refractivity contribution is -0.145. The number of nitrogens with zero attached hydrogens (tertiary/aromatic N) is 1. The average molecular weight is 241 g/mol. The molecule has 0 aliphatic rings. The number of carbonyl (C=O) groups excluding carboxylic acids is 1. The van der Waals surface area contributed by atoms with E-state index in [0.717, 1.165) is 5.56 Å². The molecule has 0 aliphatic carbocycles. The summed E-state index contributed by atoms with van der Waals surface area (Å²) in [6.45, 7) is 2.02. The highest BCUT2D eigenvalue weighted by Gasteiger charge is 2.02. The average Bonchev–Trinajstić information content (AvgIpc) is 2.41. The molecule has 0 N–H and O–H groups in total. The molecule has 3 nitrogen and oxygen atoms in total. The Morgan fingerprint density at radius 2 is 2.33 bits per heavy atom. The van der Waals surface area contributed by atoms with Crippen LogP contribution in [-0.4, -0.2) is 11.0 Å². The van der Waals surface area contributed by atoms with Gasteiger partial charge in [-0.2, -0.15) is 0 Å².